The minimum absolute atomic E-state index is 0.0883. The molecule has 1 saturated carbocycles. The molecule has 1 fully saturated rings. The van der Waals surface area contributed by atoms with Crippen LogP contribution in [-0.4, -0.2) is 5.91 Å². The van der Waals surface area contributed by atoms with E-state index < -0.39 is 5.82 Å². The van der Waals surface area contributed by atoms with Crippen LogP contribution in [0.15, 0.2) is 18.2 Å². The molecular formula is C15H17FN2O. The van der Waals surface area contributed by atoms with Gasteiger partial charge in [0.2, 0.25) is 5.91 Å². The molecular weight excluding hydrogens is 243 g/mol. The average molecular weight is 260 g/mol. The summed E-state index contributed by atoms with van der Waals surface area (Å²) in [6.07, 6.45) is 4.61. The third kappa shape index (κ3) is 2.46. The molecule has 1 aromatic carbocycles. The maximum atomic E-state index is 13.5. The van der Waals surface area contributed by atoms with Gasteiger partial charge in [-0.15, -0.1) is 0 Å². The zero-order valence-electron chi connectivity index (χ0n) is 11.0. The van der Waals surface area contributed by atoms with Gasteiger partial charge in [0.25, 0.3) is 0 Å². The normalized spacial score (nSPS) is 16.9. The van der Waals surface area contributed by atoms with E-state index in [-0.39, 0.29) is 22.6 Å². The monoisotopic (exact) mass is 260 g/mol. The molecule has 0 atom stereocenters. The van der Waals surface area contributed by atoms with E-state index in [0.717, 1.165) is 32.1 Å². The Morgan fingerprint density at radius 1 is 1.47 bits per heavy atom. The Balaban J connectivity index is 2.24. The first kappa shape index (κ1) is 13.5. The summed E-state index contributed by atoms with van der Waals surface area (Å²) in [4.78, 5) is 12.4. The molecule has 0 heterocycles. The summed E-state index contributed by atoms with van der Waals surface area (Å²) in [5.41, 5.74) is -0.175. The van der Waals surface area contributed by atoms with Gasteiger partial charge in [0.15, 0.2) is 0 Å². The molecule has 1 aromatic rings. The highest BCUT2D eigenvalue weighted by molar-refractivity contribution is 5.96. The van der Waals surface area contributed by atoms with Crippen LogP contribution in [0.4, 0.5) is 10.1 Å². The topological polar surface area (TPSA) is 52.9 Å². The Bertz CT molecular complexity index is 527. The zero-order valence-corrected chi connectivity index (χ0v) is 11.0. The van der Waals surface area contributed by atoms with Crippen molar-refractivity contribution >= 4 is 11.6 Å². The smallest absolute Gasteiger partial charge is 0.230 e. The van der Waals surface area contributed by atoms with Gasteiger partial charge in [-0.3, -0.25) is 4.79 Å². The highest BCUT2D eigenvalue weighted by Gasteiger charge is 2.39. The maximum absolute atomic E-state index is 13.5. The minimum Gasteiger partial charge on any atom is -0.324 e. The fourth-order valence-corrected chi connectivity index (χ4v) is 2.79. The van der Waals surface area contributed by atoms with Crippen LogP contribution in [0.1, 0.15) is 44.6 Å². The number of nitrogens with zero attached hydrogens (tertiary/aromatic N) is 1. The van der Waals surface area contributed by atoms with Crippen molar-refractivity contribution in [3.63, 3.8) is 0 Å². The highest BCUT2D eigenvalue weighted by atomic mass is 19.1. The number of benzene rings is 1. The number of rotatable bonds is 3. The summed E-state index contributed by atoms with van der Waals surface area (Å²) < 4.78 is 13.5. The lowest BCUT2D eigenvalue weighted by Gasteiger charge is -2.26. The van der Waals surface area contributed by atoms with Crippen molar-refractivity contribution in [1.29, 1.82) is 5.26 Å². The van der Waals surface area contributed by atoms with Gasteiger partial charge < -0.3 is 5.32 Å². The third-order valence-electron chi connectivity index (χ3n) is 4.09. The summed E-state index contributed by atoms with van der Waals surface area (Å²) >= 11 is 0. The standard InChI is InChI=1S/C15H17FN2O/c1-2-15(8-3-4-9-15)14(19)18-13-7-5-6-12(16)11(13)10-17/h5-7H,2-4,8-9H2,1H3,(H,18,19). The van der Waals surface area contributed by atoms with E-state index in [1.165, 1.54) is 12.1 Å². The van der Waals surface area contributed by atoms with E-state index in [4.69, 9.17) is 5.26 Å². The van der Waals surface area contributed by atoms with Gasteiger partial charge >= 0.3 is 0 Å². The molecule has 0 aliphatic heterocycles. The van der Waals surface area contributed by atoms with E-state index in [1.807, 2.05) is 6.92 Å². The molecule has 0 bridgehead atoms. The van der Waals surface area contributed by atoms with Gasteiger partial charge in [0.1, 0.15) is 17.4 Å². The Kier molecular flexibility index (Phi) is 3.84. The van der Waals surface area contributed by atoms with E-state index in [1.54, 1.807) is 12.1 Å². The Morgan fingerprint density at radius 2 is 2.16 bits per heavy atom. The highest BCUT2D eigenvalue weighted by Crippen LogP contribution is 2.42. The van der Waals surface area contributed by atoms with Gasteiger partial charge in [-0.05, 0) is 31.4 Å². The fourth-order valence-electron chi connectivity index (χ4n) is 2.79. The number of halogens is 1. The number of carbonyl (C=O) groups excluding carboxylic acids is 1. The Hall–Kier alpha value is -1.89. The quantitative estimate of drug-likeness (QED) is 0.902. The van der Waals surface area contributed by atoms with Gasteiger partial charge in [-0.2, -0.15) is 5.26 Å². The van der Waals surface area contributed by atoms with Crippen LogP contribution in [-0.2, 0) is 4.79 Å². The molecule has 0 unspecified atom stereocenters. The van der Waals surface area contributed by atoms with Crippen LogP contribution in [0.2, 0.25) is 0 Å². The summed E-state index contributed by atoms with van der Waals surface area (Å²) in [5.74, 6) is -0.688. The number of nitriles is 1. The number of anilines is 1. The molecule has 2 rings (SSSR count). The van der Waals surface area contributed by atoms with E-state index in [0.29, 0.717) is 0 Å². The lowest BCUT2D eigenvalue weighted by atomic mass is 9.82. The zero-order chi connectivity index (χ0) is 13.9. The van der Waals surface area contributed by atoms with Crippen LogP contribution < -0.4 is 5.32 Å². The van der Waals surface area contributed by atoms with Crippen molar-refractivity contribution in [3.05, 3.63) is 29.6 Å². The lowest BCUT2D eigenvalue weighted by molar-refractivity contribution is -0.125. The van der Waals surface area contributed by atoms with E-state index in [9.17, 15) is 9.18 Å². The van der Waals surface area contributed by atoms with Gasteiger partial charge in [-0.1, -0.05) is 25.8 Å². The van der Waals surface area contributed by atoms with E-state index >= 15 is 0 Å². The molecule has 3 nitrogen and oxygen atoms in total. The van der Waals surface area contributed by atoms with Gasteiger partial charge in [0, 0.05) is 5.41 Å². The van der Waals surface area contributed by atoms with Gasteiger partial charge in [0.05, 0.1) is 5.69 Å². The van der Waals surface area contributed by atoms with Crippen molar-refractivity contribution < 1.29 is 9.18 Å². The maximum Gasteiger partial charge on any atom is 0.230 e. The van der Waals surface area contributed by atoms with Crippen molar-refractivity contribution in [2.24, 2.45) is 5.41 Å². The predicted molar refractivity (Wildman–Crippen MR) is 70.9 cm³/mol. The summed E-state index contributed by atoms with van der Waals surface area (Å²) in [6, 6.07) is 6.09. The van der Waals surface area contributed by atoms with Crippen molar-refractivity contribution in [1.82, 2.24) is 0 Å². The largest absolute Gasteiger partial charge is 0.324 e. The van der Waals surface area contributed by atoms with Crippen LogP contribution in [0.5, 0.6) is 0 Å². The SMILES string of the molecule is CCC1(C(=O)Nc2cccc(F)c2C#N)CCCC1. The van der Waals surface area contributed by atoms with Crippen LogP contribution in [0.3, 0.4) is 0 Å². The predicted octanol–water partition coefficient (Wildman–Crippen LogP) is 3.61. The summed E-state index contributed by atoms with van der Waals surface area (Å²) in [6.45, 7) is 2.00. The molecule has 0 radical (unpaired) electrons. The number of hydrogen-bond acceptors (Lipinski definition) is 2. The molecule has 1 aliphatic carbocycles. The molecule has 100 valence electrons. The molecule has 0 spiro atoms. The van der Waals surface area contributed by atoms with Crippen molar-refractivity contribution in [3.8, 4) is 6.07 Å². The minimum atomic E-state index is -0.600. The summed E-state index contributed by atoms with van der Waals surface area (Å²) in [5, 5.41) is 11.7. The van der Waals surface area contributed by atoms with Crippen LogP contribution >= 0.6 is 0 Å². The molecule has 0 aromatic heterocycles. The molecule has 1 amide bonds. The number of amides is 1. The number of carbonyl (C=O) groups is 1. The second-order valence-corrected chi connectivity index (χ2v) is 5.07. The molecule has 1 aliphatic rings. The van der Waals surface area contributed by atoms with Crippen molar-refractivity contribution in [2.45, 2.75) is 39.0 Å². The first-order valence-corrected chi connectivity index (χ1v) is 6.63. The average Bonchev–Trinajstić information content (AvgIpc) is 2.89. The molecule has 4 heteroatoms. The van der Waals surface area contributed by atoms with Crippen LogP contribution in [0, 0.1) is 22.6 Å². The van der Waals surface area contributed by atoms with Gasteiger partial charge in [-0.25, -0.2) is 4.39 Å². The van der Waals surface area contributed by atoms with Crippen LogP contribution in [0.25, 0.3) is 0 Å². The van der Waals surface area contributed by atoms with E-state index in [2.05, 4.69) is 5.32 Å². The third-order valence-corrected chi connectivity index (χ3v) is 4.09. The second kappa shape index (κ2) is 5.40. The van der Waals surface area contributed by atoms with Crippen molar-refractivity contribution in [2.75, 3.05) is 5.32 Å². The number of nitrogens with one attached hydrogen (secondary N) is 1. The Morgan fingerprint density at radius 3 is 2.74 bits per heavy atom. The molecule has 19 heavy (non-hydrogen) atoms. The first-order chi connectivity index (χ1) is 9.13. The second-order valence-electron chi connectivity index (χ2n) is 5.07. The lowest BCUT2D eigenvalue weighted by Crippen LogP contribution is -2.33. The fraction of sp³-hybridized carbons (Fsp3) is 0.467. The summed E-state index contributed by atoms with van der Waals surface area (Å²) in [7, 11) is 0. The first-order valence-electron chi connectivity index (χ1n) is 6.63. The Labute approximate surface area is 112 Å². The number of hydrogen-bond donors (Lipinski definition) is 1. The molecule has 0 saturated heterocycles. The molecule has 1 N–H and O–H groups in total.